The van der Waals surface area contributed by atoms with Crippen LogP contribution in [0.3, 0.4) is 0 Å². The van der Waals surface area contributed by atoms with Crippen LogP contribution < -0.4 is 10.9 Å². The van der Waals surface area contributed by atoms with E-state index in [0.29, 0.717) is 23.0 Å². The van der Waals surface area contributed by atoms with Gasteiger partial charge < -0.3 is 15.2 Å². The van der Waals surface area contributed by atoms with Crippen LogP contribution in [0, 0.1) is 20.8 Å². The molecule has 136 valence electrons. The van der Waals surface area contributed by atoms with Crippen LogP contribution in [0.5, 0.6) is 0 Å². The lowest BCUT2D eigenvalue weighted by molar-refractivity contribution is -0.119. The van der Waals surface area contributed by atoms with Crippen molar-refractivity contribution in [3.8, 4) is 0 Å². The number of benzene rings is 1. The van der Waals surface area contributed by atoms with E-state index in [2.05, 4.69) is 10.3 Å². The van der Waals surface area contributed by atoms with Crippen LogP contribution in [0.2, 0.25) is 0 Å². The van der Waals surface area contributed by atoms with E-state index in [-0.39, 0.29) is 11.5 Å². The number of nitrogens with one attached hydrogen (secondary N) is 2. The second-order valence-electron chi connectivity index (χ2n) is 6.46. The molecular weight excluding hydrogens is 350 g/mol. The van der Waals surface area contributed by atoms with Crippen molar-refractivity contribution in [2.75, 3.05) is 16.9 Å². The van der Waals surface area contributed by atoms with E-state index in [1.165, 1.54) is 22.7 Å². The molecule has 1 aromatic carbocycles. The predicted molar refractivity (Wildman–Crippen MR) is 104 cm³/mol. The van der Waals surface area contributed by atoms with E-state index >= 15 is 0 Å². The number of carbonyl (C=O) groups excluding carboxylic acids is 2. The number of rotatable bonds is 3. The molecular formula is C19H21N3O3S. The number of anilines is 1. The smallest absolute Gasteiger partial charge is 0.260 e. The minimum absolute atomic E-state index is 0.0575. The number of hydrogen-bond acceptors (Lipinski definition) is 4. The van der Waals surface area contributed by atoms with Gasteiger partial charge in [-0.25, -0.2) is 0 Å². The summed E-state index contributed by atoms with van der Waals surface area (Å²) >= 11 is 1.50. The van der Waals surface area contributed by atoms with Gasteiger partial charge in [0.05, 0.1) is 5.88 Å². The van der Waals surface area contributed by atoms with Crippen molar-refractivity contribution in [3.63, 3.8) is 0 Å². The van der Waals surface area contributed by atoms with Crippen LogP contribution in [0.15, 0.2) is 35.1 Å². The molecule has 0 unspecified atom stereocenters. The molecule has 0 bridgehead atoms. The van der Waals surface area contributed by atoms with Crippen molar-refractivity contribution in [1.82, 2.24) is 9.88 Å². The van der Waals surface area contributed by atoms with E-state index in [1.54, 1.807) is 13.0 Å². The number of amides is 2. The van der Waals surface area contributed by atoms with Crippen molar-refractivity contribution < 1.29 is 9.59 Å². The normalized spacial score (nSPS) is 16.6. The van der Waals surface area contributed by atoms with Crippen molar-refractivity contribution in [1.29, 1.82) is 0 Å². The Hall–Kier alpha value is -2.54. The first-order valence-corrected chi connectivity index (χ1v) is 9.49. The molecule has 1 aromatic heterocycles. The van der Waals surface area contributed by atoms with E-state index in [0.717, 1.165) is 11.1 Å². The summed E-state index contributed by atoms with van der Waals surface area (Å²) in [5.41, 5.74) is 3.25. The lowest BCUT2D eigenvalue weighted by Crippen LogP contribution is -2.45. The summed E-state index contributed by atoms with van der Waals surface area (Å²) in [5.74, 6) is 0.232. The summed E-state index contributed by atoms with van der Waals surface area (Å²) in [6.07, 6.45) is 0. The summed E-state index contributed by atoms with van der Waals surface area (Å²) in [4.78, 5) is 41.6. The number of aryl methyl sites for hydroxylation is 3. The molecule has 1 aliphatic rings. The summed E-state index contributed by atoms with van der Waals surface area (Å²) in [5, 5.41) is 2.88. The molecule has 0 aliphatic carbocycles. The van der Waals surface area contributed by atoms with Crippen molar-refractivity contribution >= 4 is 29.3 Å². The van der Waals surface area contributed by atoms with Crippen LogP contribution in [-0.2, 0) is 4.79 Å². The quantitative estimate of drug-likeness (QED) is 0.868. The first-order chi connectivity index (χ1) is 12.4. The number of thioether (sulfide) groups is 1. The van der Waals surface area contributed by atoms with Gasteiger partial charge in [-0.15, -0.1) is 11.8 Å². The maximum absolute atomic E-state index is 12.8. The van der Waals surface area contributed by atoms with Crippen LogP contribution >= 0.6 is 11.8 Å². The SMILES string of the molecule is Cc1ccc(C(=O)N2CSC[C@@H]2C(=O)Nc2ccc(C)c(C)c2)c(=O)[nH]1. The highest BCUT2D eigenvalue weighted by molar-refractivity contribution is 7.99. The fourth-order valence-corrected chi connectivity index (χ4v) is 3.95. The molecule has 2 amide bonds. The largest absolute Gasteiger partial charge is 0.326 e. The number of carbonyl (C=O) groups is 2. The number of nitrogens with zero attached hydrogens (tertiary/aromatic N) is 1. The number of pyridine rings is 1. The number of aromatic amines is 1. The molecule has 2 heterocycles. The van der Waals surface area contributed by atoms with Gasteiger partial charge in [0, 0.05) is 17.1 Å². The van der Waals surface area contributed by atoms with Gasteiger partial charge >= 0.3 is 0 Å². The predicted octanol–water partition coefficient (Wildman–Crippen LogP) is 2.45. The van der Waals surface area contributed by atoms with Crippen molar-refractivity contribution in [3.05, 3.63) is 63.1 Å². The third-order valence-electron chi connectivity index (χ3n) is 4.51. The number of aromatic nitrogens is 1. The number of H-pyrrole nitrogens is 1. The Balaban J connectivity index is 1.78. The average molecular weight is 371 g/mol. The minimum atomic E-state index is -0.602. The highest BCUT2D eigenvalue weighted by Crippen LogP contribution is 2.24. The van der Waals surface area contributed by atoms with Gasteiger partial charge in [0.2, 0.25) is 5.91 Å². The molecule has 2 N–H and O–H groups in total. The van der Waals surface area contributed by atoms with Gasteiger partial charge in [-0.05, 0) is 56.2 Å². The summed E-state index contributed by atoms with van der Waals surface area (Å²) < 4.78 is 0. The van der Waals surface area contributed by atoms with E-state index in [4.69, 9.17) is 0 Å². The Morgan fingerprint density at radius 2 is 1.92 bits per heavy atom. The zero-order valence-corrected chi connectivity index (χ0v) is 15.8. The topological polar surface area (TPSA) is 82.3 Å². The standard InChI is InChI=1S/C19H21N3O3S/c1-11-4-6-14(8-12(11)2)21-18(24)16-9-26-10-22(16)19(25)15-7-5-13(3)20-17(15)23/h4-8,16H,9-10H2,1-3H3,(H,20,23)(H,21,24)/t16-/m1/s1. The highest BCUT2D eigenvalue weighted by Gasteiger charge is 2.36. The molecule has 0 radical (unpaired) electrons. The second kappa shape index (κ2) is 7.37. The van der Waals surface area contributed by atoms with E-state index in [1.807, 2.05) is 32.0 Å². The molecule has 0 spiro atoms. The highest BCUT2D eigenvalue weighted by atomic mass is 32.2. The zero-order valence-electron chi connectivity index (χ0n) is 15.0. The van der Waals surface area contributed by atoms with Crippen LogP contribution in [0.25, 0.3) is 0 Å². The van der Waals surface area contributed by atoms with Crippen molar-refractivity contribution in [2.24, 2.45) is 0 Å². The van der Waals surface area contributed by atoms with Gasteiger partial charge in [0.1, 0.15) is 11.6 Å². The molecule has 2 aromatic rings. The summed E-state index contributed by atoms with van der Waals surface area (Å²) in [6, 6.07) is 8.30. The molecule has 6 nitrogen and oxygen atoms in total. The molecule has 7 heteroatoms. The second-order valence-corrected chi connectivity index (χ2v) is 7.46. The Labute approximate surface area is 156 Å². The monoisotopic (exact) mass is 371 g/mol. The minimum Gasteiger partial charge on any atom is -0.326 e. The van der Waals surface area contributed by atoms with E-state index in [9.17, 15) is 14.4 Å². The van der Waals surface area contributed by atoms with Crippen LogP contribution in [0.1, 0.15) is 27.2 Å². The average Bonchev–Trinajstić information content (AvgIpc) is 3.07. The Bertz CT molecular complexity index is 922. The zero-order chi connectivity index (χ0) is 18.8. The van der Waals surface area contributed by atoms with Crippen LogP contribution in [0.4, 0.5) is 5.69 Å². The van der Waals surface area contributed by atoms with Crippen LogP contribution in [-0.4, -0.2) is 39.4 Å². The third kappa shape index (κ3) is 3.67. The molecule has 26 heavy (non-hydrogen) atoms. The summed E-state index contributed by atoms with van der Waals surface area (Å²) in [7, 11) is 0. The third-order valence-corrected chi connectivity index (χ3v) is 5.52. The molecule has 3 rings (SSSR count). The molecule has 1 fully saturated rings. The summed E-state index contributed by atoms with van der Waals surface area (Å²) in [6.45, 7) is 5.74. The first-order valence-electron chi connectivity index (χ1n) is 8.33. The molecule has 0 saturated carbocycles. The Morgan fingerprint density at radius 3 is 2.62 bits per heavy atom. The lowest BCUT2D eigenvalue weighted by atomic mass is 10.1. The van der Waals surface area contributed by atoms with E-state index < -0.39 is 17.5 Å². The maximum atomic E-state index is 12.8. The molecule has 1 atom stereocenters. The van der Waals surface area contributed by atoms with Gasteiger partial charge in [-0.3, -0.25) is 14.4 Å². The van der Waals surface area contributed by atoms with Gasteiger partial charge in [-0.2, -0.15) is 0 Å². The van der Waals surface area contributed by atoms with Crippen molar-refractivity contribution in [2.45, 2.75) is 26.8 Å². The number of hydrogen-bond donors (Lipinski definition) is 2. The van der Waals surface area contributed by atoms with Gasteiger partial charge in [-0.1, -0.05) is 6.07 Å². The molecule has 1 saturated heterocycles. The van der Waals surface area contributed by atoms with Gasteiger partial charge in [0.15, 0.2) is 0 Å². The van der Waals surface area contributed by atoms with Gasteiger partial charge in [0.25, 0.3) is 11.5 Å². The fraction of sp³-hybridized carbons (Fsp3) is 0.316. The Morgan fingerprint density at radius 1 is 1.15 bits per heavy atom. The lowest BCUT2D eigenvalue weighted by Gasteiger charge is -2.23. The maximum Gasteiger partial charge on any atom is 0.260 e. The Kier molecular flexibility index (Phi) is 5.18. The molecule has 1 aliphatic heterocycles. The fourth-order valence-electron chi connectivity index (χ4n) is 2.80. The first kappa shape index (κ1) is 18.3.